The number of nitrogens with zero attached hydrogens (tertiary/aromatic N) is 4. The molecule has 1 unspecified atom stereocenters. The first-order valence-corrected chi connectivity index (χ1v) is 16.4. The summed E-state index contributed by atoms with van der Waals surface area (Å²) in [4.78, 5) is 20.1. The lowest BCUT2D eigenvalue weighted by atomic mass is 9.70. The molecule has 0 radical (unpaired) electrons. The predicted molar refractivity (Wildman–Crippen MR) is 171 cm³/mol. The third-order valence-corrected chi connectivity index (χ3v) is 10.2. The first-order chi connectivity index (χ1) is 20.4. The molecular weight excluding hydrogens is 558 g/mol. The Morgan fingerprint density at radius 3 is 2.23 bits per heavy atom. The van der Waals surface area contributed by atoms with Gasteiger partial charge in [-0.25, -0.2) is 13.6 Å². The number of hydrogen-bond acceptors (Lipinski definition) is 6. The van der Waals surface area contributed by atoms with Gasteiger partial charge in [0.15, 0.2) is 0 Å². The average molecular weight is 600 g/mol. The maximum atomic E-state index is 13.8. The normalized spacial score (nSPS) is 18.8. The molecule has 0 aromatic heterocycles. The summed E-state index contributed by atoms with van der Waals surface area (Å²) >= 11 is 0. The Morgan fingerprint density at radius 1 is 0.930 bits per heavy atom. The van der Waals surface area contributed by atoms with Crippen molar-refractivity contribution in [3.63, 3.8) is 0 Å². The van der Waals surface area contributed by atoms with Crippen molar-refractivity contribution in [3.05, 3.63) is 88.5 Å². The fraction of sp³-hybridized carbons (Fsp3) is 0.412. The van der Waals surface area contributed by atoms with E-state index < -0.39 is 10.0 Å². The van der Waals surface area contributed by atoms with Gasteiger partial charge in [-0.1, -0.05) is 44.2 Å². The maximum absolute atomic E-state index is 13.8. The van der Waals surface area contributed by atoms with E-state index in [1.807, 2.05) is 41.0 Å². The third-order valence-electron chi connectivity index (χ3n) is 9.28. The van der Waals surface area contributed by atoms with E-state index in [4.69, 9.17) is 5.14 Å². The van der Waals surface area contributed by atoms with E-state index in [9.17, 15) is 18.5 Å². The Morgan fingerprint density at radius 2 is 1.58 bits per heavy atom. The SMILES string of the molecule is Cc1cc(C)c(C(=O)N2CCN(c3ccccc3S(N)(=O)=O)CC2)cc1CC1CCN(c2ccccc2C#N)CC1(C)C. The fourth-order valence-corrected chi connectivity index (χ4v) is 7.48. The number of rotatable bonds is 6. The number of nitriles is 1. The van der Waals surface area contributed by atoms with Crippen LogP contribution in [0.1, 0.15) is 52.9 Å². The Balaban J connectivity index is 1.29. The van der Waals surface area contributed by atoms with Gasteiger partial charge in [0, 0.05) is 44.8 Å². The maximum Gasteiger partial charge on any atom is 0.254 e. The van der Waals surface area contributed by atoms with E-state index in [0.29, 0.717) is 43.3 Å². The van der Waals surface area contributed by atoms with E-state index in [-0.39, 0.29) is 16.2 Å². The molecule has 0 bridgehead atoms. The Bertz CT molecular complexity index is 1670. The zero-order valence-corrected chi connectivity index (χ0v) is 26.3. The van der Waals surface area contributed by atoms with Crippen molar-refractivity contribution in [2.24, 2.45) is 16.5 Å². The zero-order chi connectivity index (χ0) is 30.9. The molecule has 0 saturated carbocycles. The first-order valence-electron chi connectivity index (χ1n) is 14.9. The summed E-state index contributed by atoms with van der Waals surface area (Å²) < 4.78 is 24.2. The minimum absolute atomic E-state index is 0.0142. The van der Waals surface area contributed by atoms with Gasteiger partial charge in [0.1, 0.15) is 11.0 Å². The minimum atomic E-state index is -3.85. The number of nitrogens with two attached hydrogens (primary N) is 1. The highest BCUT2D eigenvalue weighted by molar-refractivity contribution is 7.89. The molecule has 5 rings (SSSR count). The second-order valence-electron chi connectivity index (χ2n) is 12.6. The van der Waals surface area contributed by atoms with Crippen molar-refractivity contribution >= 4 is 27.3 Å². The number of hydrogen-bond donors (Lipinski definition) is 1. The predicted octanol–water partition coefficient (Wildman–Crippen LogP) is 4.88. The lowest BCUT2D eigenvalue weighted by molar-refractivity contribution is 0.0745. The van der Waals surface area contributed by atoms with Crippen molar-refractivity contribution in [1.82, 2.24) is 4.90 Å². The lowest BCUT2D eigenvalue weighted by Crippen LogP contribution is -2.49. The highest BCUT2D eigenvalue weighted by atomic mass is 32.2. The molecule has 2 aliphatic rings. The van der Waals surface area contributed by atoms with Crippen LogP contribution in [-0.2, 0) is 16.4 Å². The van der Waals surface area contributed by atoms with Gasteiger partial charge >= 0.3 is 0 Å². The van der Waals surface area contributed by atoms with Crippen LogP contribution in [0.15, 0.2) is 65.6 Å². The lowest BCUT2D eigenvalue weighted by Gasteiger charge is -2.46. The summed E-state index contributed by atoms with van der Waals surface area (Å²) in [5.41, 5.74) is 6.42. The number of aryl methyl sites for hydroxylation is 2. The van der Waals surface area contributed by atoms with Crippen molar-refractivity contribution in [2.45, 2.75) is 45.4 Å². The van der Waals surface area contributed by atoms with Crippen molar-refractivity contribution in [1.29, 1.82) is 5.26 Å². The van der Waals surface area contributed by atoms with E-state index in [1.165, 1.54) is 17.2 Å². The van der Waals surface area contributed by atoms with E-state index in [2.05, 4.69) is 43.9 Å². The number of anilines is 2. The summed E-state index contributed by atoms with van der Waals surface area (Å²) in [5, 5.41) is 15.1. The fourth-order valence-electron chi connectivity index (χ4n) is 6.72. The van der Waals surface area contributed by atoms with E-state index >= 15 is 0 Å². The van der Waals surface area contributed by atoms with Crippen LogP contribution in [0.3, 0.4) is 0 Å². The van der Waals surface area contributed by atoms with Gasteiger partial charge in [0.05, 0.1) is 16.9 Å². The van der Waals surface area contributed by atoms with Crippen LogP contribution >= 0.6 is 0 Å². The van der Waals surface area contributed by atoms with Gasteiger partial charge < -0.3 is 14.7 Å². The molecule has 0 aliphatic carbocycles. The molecular formula is C34H41N5O3S. The summed E-state index contributed by atoms with van der Waals surface area (Å²) in [5.74, 6) is 0.449. The van der Waals surface area contributed by atoms with E-state index in [1.54, 1.807) is 18.2 Å². The van der Waals surface area contributed by atoms with Crippen LogP contribution in [0.5, 0.6) is 0 Å². The number of sulfonamides is 1. The summed E-state index contributed by atoms with van der Waals surface area (Å²) in [6, 6.07) is 21.1. The van der Waals surface area contributed by atoms with Crippen LogP contribution in [0.25, 0.3) is 0 Å². The van der Waals surface area contributed by atoms with Crippen LogP contribution in [0.4, 0.5) is 11.4 Å². The standard InChI is InChI=1S/C34H41N5O3S/c1-24-19-25(2)29(33(40)38-17-15-37(16-18-38)31-11-7-8-12-32(31)43(36,41)42)21-27(24)20-28-13-14-39(23-34(28,3)4)30-10-6-5-9-26(30)22-35/h5-12,19,21,28H,13-18,20,23H2,1-4H3,(H2,36,41,42). The monoisotopic (exact) mass is 599 g/mol. The molecule has 1 atom stereocenters. The second-order valence-corrected chi connectivity index (χ2v) is 14.1. The summed E-state index contributed by atoms with van der Waals surface area (Å²) in [7, 11) is -3.85. The number of carbonyl (C=O) groups excluding carboxylic acids is 1. The number of para-hydroxylation sites is 2. The molecule has 2 aliphatic heterocycles. The quantitative estimate of drug-likeness (QED) is 0.433. The van der Waals surface area contributed by atoms with Crippen molar-refractivity contribution < 1.29 is 13.2 Å². The molecule has 43 heavy (non-hydrogen) atoms. The molecule has 9 heteroatoms. The van der Waals surface area contributed by atoms with Gasteiger partial charge in [-0.3, -0.25) is 4.79 Å². The Hall–Kier alpha value is -3.87. The molecule has 2 saturated heterocycles. The number of carbonyl (C=O) groups is 1. The molecule has 3 aromatic carbocycles. The molecule has 3 aromatic rings. The van der Waals surface area contributed by atoms with Gasteiger partial charge in [0.25, 0.3) is 5.91 Å². The van der Waals surface area contributed by atoms with Crippen LogP contribution in [-0.4, -0.2) is 58.5 Å². The molecule has 8 nitrogen and oxygen atoms in total. The molecule has 2 N–H and O–H groups in total. The Labute approximate surface area is 255 Å². The van der Waals surface area contributed by atoms with Crippen LogP contribution in [0, 0.1) is 36.5 Å². The number of piperazine rings is 1. The number of benzene rings is 3. The smallest absolute Gasteiger partial charge is 0.254 e. The number of amides is 1. The number of primary sulfonamides is 1. The Kier molecular flexibility index (Phi) is 8.55. The first kappa shape index (κ1) is 30.6. The third kappa shape index (κ3) is 6.41. The zero-order valence-electron chi connectivity index (χ0n) is 25.5. The molecule has 1 amide bonds. The summed E-state index contributed by atoms with van der Waals surface area (Å²) in [6.45, 7) is 12.5. The van der Waals surface area contributed by atoms with Gasteiger partial charge in [-0.05, 0) is 85.0 Å². The van der Waals surface area contributed by atoms with Crippen LogP contribution < -0.4 is 14.9 Å². The highest BCUT2D eigenvalue weighted by Crippen LogP contribution is 2.40. The molecule has 2 fully saturated rings. The largest absolute Gasteiger partial charge is 0.370 e. The second kappa shape index (κ2) is 12.0. The highest BCUT2D eigenvalue weighted by Gasteiger charge is 2.37. The minimum Gasteiger partial charge on any atom is -0.370 e. The van der Waals surface area contributed by atoms with Gasteiger partial charge in [-0.2, -0.15) is 5.26 Å². The molecule has 226 valence electrons. The molecule has 2 heterocycles. The number of piperidine rings is 1. The van der Waals surface area contributed by atoms with Crippen molar-refractivity contribution in [3.8, 4) is 6.07 Å². The van der Waals surface area contributed by atoms with Gasteiger partial charge in [-0.15, -0.1) is 0 Å². The van der Waals surface area contributed by atoms with Crippen LogP contribution in [0.2, 0.25) is 0 Å². The summed E-state index contributed by atoms with van der Waals surface area (Å²) in [6.07, 6.45) is 1.90. The topological polar surface area (TPSA) is 111 Å². The molecule has 0 spiro atoms. The van der Waals surface area contributed by atoms with Gasteiger partial charge in [0.2, 0.25) is 10.0 Å². The average Bonchev–Trinajstić information content (AvgIpc) is 2.98. The van der Waals surface area contributed by atoms with Crippen molar-refractivity contribution in [2.75, 3.05) is 49.1 Å². The van der Waals surface area contributed by atoms with E-state index in [0.717, 1.165) is 42.7 Å².